The highest BCUT2D eigenvalue weighted by Crippen LogP contribution is 2.32. The molecular weight excluding hydrogens is 475 g/mol. The molecule has 29 heavy (non-hydrogen) atoms. The van der Waals surface area contributed by atoms with Crippen molar-refractivity contribution in [2.45, 2.75) is 6.61 Å². The zero-order valence-corrected chi connectivity index (χ0v) is 18.6. The number of rotatable bonds is 7. The molecule has 148 valence electrons. The summed E-state index contributed by atoms with van der Waals surface area (Å²) in [6.07, 6.45) is 3.31. The molecule has 0 saturated heterocycles. The van der Waals surface area contributed by atoms with Crippen LogP contribution in [0, 0.1) is 0 Å². The van der Waals surface area contributed by atoms with Crippen molar-refractivity contribution in [1.29, 1.82) is 0 Å². The van der Waals surface area contributed by atoms with E-state index in [4.69, 9.17) is 32.7 Å². The van der Waals surface area contributed by atoms with E-state index in [1.54, 1.807) is 49.6 Å². The van der Waals surface area contributed by atoms with E-state index in [1.807, 2.05) is 30.3 Å². The predicted molar refractivity (Wildman–Crippen MR) is 121 cm³/mol. The molecule has 0 aromatic heterocycles. The number of carbonyl (C=O) groups excluding carboxylic acids is 1. The summed E-state index contributed by atoms with van der Waals surface area (Å²) in [7, 11) is 1.60. The van der Waals surface area contributed by atoms with E-state index in [1.165, 1.54) is 0 Å². The maximum absolute atomic E-state index is 12.3. The smallest absolute Gasteiger partial charge is 0.185 e. The number of methoxy groups -OCH3 is 1. The molecule has 0 unspecified atom stereocenters. The molecule has 0 heterocycles. The van der Waals surface area contributed by atoms with Gasteiger partial charge in [-0.15, -0.1) is 0 Å². The van der Waals surface area contributed by atoms with Crippen molar-refractivity contribution in [3.8, 4) is 11.5 Å². The fourth-order valence-corrected chi connectivity index (χ4v) is 3.26. The number of carbonyl (C=O) groups is 1. The lowest BCUT2D eigenvalue weighted by atomic mass is 10.1. The molecule has 3 nitrogen and oxygen atoms in total. The molecule has 6 heteroatoms. The highest BCUT2D eigenvalue weighted by molar-refractivity contribution is 9.10. The second-order valence-electron chi connectivity index (χ2n) is 6.12. The van der Waals surface area contributed by atoms with Gasteiger partial charge >= 0.3 is 0 Å². The summed E-state index contributed by atoms with van der Waals surface area (Å²) in [6.45, 7) is 0.242. The Morgan fingerprint density at radius 3 is 2.52 bits per heavy atom. The number of halogens is 3. The normalized spacial score (nSPS) is 10.9. The molecule has 0 N–H and O–H groups in total. The lowest BCUT2D eigenvalue weighted by Crippen LogP contribution is -2.00. The van der Waals surface area contributed by atoms with Gasteiger partial charge in [-0.3, -0.25) is 4.79 Å². The van der Waals surface area contributed by atoms with Gasteiger partial charge in [-0.1, -0.05) is 57.3 Å². The van der Waals surface area contributed by atoms with Crippen molar-refractivity contribution in [2.75, 3.05) is 7.11 Å². The molecule has 0 aliphatic heterocycles. The first-order valence-corrected chi connectivity index (χ1v) is 10.2. The van der Waals surface area contributed by atoms with Crippen LogP contribution < -0.4 is 9.47 Å². The third kappa shape index (κ3) is 5.63. The molecule has 0 fully saturated rings. The van der Waals surface area contributed by atoms with Gasteiger partial charge in [-0.2, -0.15) is 0 Å². The Bertz CT molecular complexity index is 1050. The average molecular weight is 492 g/mol. The maximum Gasteiger partial charge on any atom is 0.185 e. The fraction of sp³-hybridized carbons (Fsp3) is 0.0870. The van der Waals surface area contributed by atoms with Gasteiger partial charge in [0.15, 0.2) is 5.78 Å². The minimum absolute atomic E-state index is 0.0724. The summed E-state index contributed by atoms with van der Waals surface area (Å²) in [5.74, 6) is 1.10. The number of hydrogen-bond donors (Lipinski definition) is 0. The lowest BCUT2D eigenvalue weighted by Gasteiger charge is -2.12. The van der Waals surface area contributed by atoms with Crippen molar-refractivity contribution >= 4 is 51.0 Å². The Morgan fingerprint density at radius 2 is 1.79 bits per heavy atom. The van der Waals surface area contributed by atoms with Gasteiger partial charge in [0, 0.05) is 15.6 Å². The largest absolute Gasteiger partial charge is 0.496 e. The van der Waals surface area contributed by atoms with E-state index in [0.717, 1.165) is 15.6 Å². The van der Waals surface area contributed by atoms with Gasteiger partial charge < -0.3 is 9.47 Å². The van der Waals surface area contributed by atoms with Crippen LogP contribution in [-0.2, 0) is 6.61 Å². The average Bonchev–Trinajstić information content (AvgIpc) is 2.73. The van der Waals surface area contributed by atoms with Crippen LogP contribution in [-0.4, -0.2) is 12.9 Å². The third-order valence-electron chi connectivity index (χ3n) is 4.16. The van der Waals surface area contributed by atoms with Crippen LogP contribution in [0.5, 0.6) is 11.5 Å². The summed E-state index contributed by atoms with van der Waals surface area (Å²) in [4.78, 5) is 12.3. The van der Waals surface area contributed by atoms with Crippen LogP contribution in [0.15, 0.2) is 71.2 Å². The van der Waals surface area contributed by atoms with Crippen molar-refractivity contribution in [2.24, 2.45) is 0 Å². The van der Waals surface area contributed by atoms with Gasteiger partial charge in [0.1, 0.15) is 23.1 Å². The van der Waals surface area contributed by atoms with E-state index >= 15 is 0 Å². The van der Waals surface area contributed by atoms with Crippen LogP contribution >= 0.6 is 39.1 Å². The first kappa shape index (κ1) is 21.4. The van der Waals surface area contributed by atoms with Crippen LogP contribution in [0.25, 0.3) is 6.08 Å². The zero-order valence-electron chi connectivity index (χ0n) is 15.5. The monoisotopic (exact) mass is 490 g/mol. The van der Waals surface area contributed by atoms with E-state index in [9.17, 15) is 4.79 Å². The Kier molecular flexibility index (Phi) is 7.37. The molecule has 0 bridgehead atoms. The number of ketones is 1. The van der Waals surface area contributed by atoms with Gasteiger partial charge in [-0.05, 0) is 60.2 Å². The summed E-state index contributed by atoms with van der Waals surface area (Å²) in [6, 6.07) is 18.1. The van der Waals surface area contributed by atoms with Gasteiger partial charge in [0.05, 0.1) is 12.1 Å². The van der Waals surface area contributed by atoms with Crippen LogP contribution in [0.1, 0.15) is 21.5 Å². The molecule has 0 amide bonds. The van der Waals surface area contributed by atoms with Crippen molar-refractivity contribution < 1.29 is 14.3 Å². The van der Waals surface area contributed by atoms with E-state index in [2.05, 4.69) is 15.9 Å². The molecule has 0 saturated carbocycles. The van der Waals surface area contributed by atoms with Crippen LogP contribution in [0.4, 0.5) is 0 Å². The predicted octanol–water partition coefficient (Wildman–Crippen LogP) is 7.24. The Labute approximate surface area is 188 Å². The number of ether oxygens (including phenoxy) is 2. The molecule has 3 rings (SSSR count). The second kappa shape index (κ2) is 9.97. The zero-order chi connectivity index (χ0) is 20.8. The minimum atomic E-state index is -0.0724. The number of benzene rings is 3. The molecule has 3 aromatic carbocycles. The first-order valence-electron chi connectivity index (χ1n) is 8.69. The standard InChI is InChI=1S/C23H17BrCl2O3/c1-28-21-12-6-15(5-11-20(27)16-7-9-18(24)10-8-16)13-17(21)14-29-22-4-2-3-19(25)23(22)26/h2-13H,14H2,1H3/b11-5+. The highest BCUT2D eigenvalue weighted by atomic mass is 79.9. The van der Waals surface area contributed by atoms with Crippen molar-refractivity contribution in [3.05, 3.63) is 97.9 Å². The summed E-state index contributed by atoms with van der Waals surface area (Å²) in [5, 5.41) is 0.795. The quantitative estimate of drug-likeness (QED) is 0.258. The summed E-state index contributed by atoms with van der Waals surface area (Å²) >= 11 is 15.6. The lowest BCUT2D eigenvalue weighted by molar-refractivity contribution is 0.104. The minimum Gasteiger partial charge on any atom is -0.496 e. The van der Waals surface area contributed by atoms with Gasteiger partial charge in [0.25, 0.3) is 0 Å². The molecule has 0 spiro atoms. The van der Waals surface area contributed by atoms with E-state index in [-0.39, 0.29) is 12.4 Å². The molecule has 0 aliphatic carbocycles. The third-order valence-corrected chi connectivity index (χ3v) is 5.49. The summed E-state index contributed by atoms with van der Waals surface area (Å²) in [5.41, 5.74) is 2.30. The topological polar surface area (TPSA) is 35.5 Å². The SMILES string of the molecule is COc1ccc(/C=C/C(=O)c2ccc(Br)cc2)cc1COc1cccc(Cl)c1Cl. The fourth-order valence-electron chi connectivity index (χ4n) is 2.65. The van der Waals surface area contributed by atoms with Gasteiger partial charge in [-0.25, -0.2) is 0 Å². The first-order chi connectivity index (χ1) is 14.0. The summed E-state index contributed by atoms with van der Waals surface area (Å²) < 4.78 is 12.2. The number of hydrogen-bond acceptors (Lipinski definition) is 3. The van der Waals surface area contributed by atoms with E-state index in [0.29, 0.717) is 27.1 Å². The molecule has 0 radical (unpaired) electrons. The molecule has 0 aliphatic rings. The maximum atomic E-state index is 12.3. The molecule has 0 atom stereocenters. The molecule has 3 aromatic rings. The van der Waals surface area contributed by atoms with Crippen LogP contribution in [0.2, 0.25) is 10.0 Å². The Hall–Kier alpha value is -2.27. The number of allylic oxidation sites excluding steroid dienone is 1. The highest BCUT2D eigenvalue weighted by Gasteiger charge is 2.09. The Balaban J connectivity index is 1.76. The van der Waals surface area contributed by atoms with Crippen molar-refractivity contribution in [1.82, 2.24) is 0 Å². The molecular formula is C23H17BrCl2O3. The Morgan fingerprint density at radius 1 is 1.03 bits per heavy atom. The van der Waals surface area contributed by atoms with Crippen molar-refractivity contribution in [3.63, 3.8) is 0 Å². The second-order valence-corrected chi connectivity index (χ2v) is 7.82. The van der Waals surface area contributed by atoms with Crippen LogP contribution in [0.3, 0.4) is 0 Å². The van der Waals surface area contributed by atoms with Gasteiger partial charge in [0.2, 0.25) is 0 Å². The van der Waals surface area contributed by atoms with E-state index < -0.39 is 0 Å².